The van der Waals surface area contributed by atoms with E-state index >= 15 is 0 Å². The summed E-state index contributed by atoms with van der Waals surface area (Å²) in [6, 6.07) is 5.10. The molecule has 0 heterocycles. The van der Waals surface area contributed by atoms with Crippen LogP contribution in [0.2, 0.25) is 10.0 Å². The summed E-state index contributed by atoms with van der Waals surface area (Å²) >= 11 is 15.7. The molecule has 0 fully saturated rings. The van der Waals surface area contributed by atoms with Gasteiger partial charge in [0.05, 0.1) is 18.2 Å². The number of halogens is 2. The van der Waals surface area contributed by atoms with Crippen LogP contribution >= 0.6 is 35.8 Å². The zero-order chi connectivity index (χ0) is 11.1. The molecule has 0 spiro atoms. The molecule has 1 aromatic carbocycles. The van der Waals surface area contributed by atoms with Gasteiger partial charge in [0.1, 0.15) is 12.4 Å². The van der Waals surface area contributed by atoms with Crippen molar-refractivity contribution in [2.24, 2.45) is 0 Å². The third-order valence-corrected chi connectivity index (χ3v) is 2.34. The van der Waals surface area contributed by atoms with Crippen LogP contribution in [0, 0.1) is 0 Å². The van der Waals surface area contributed by atoms with Crippen molar-refractivity contribution in [1.82, 2.24) is 0 Å². The van der Waals surface area contributed by atoms with Crippen LogP contribution < -0.4 is 4.74 Å². The molecule has 0 saturated carbocycles. The van der Waals surface area contributed by atoms with E-state index < -0.39 is 0 Å². The molecule has 0 aliphatic rings. The average molecular weight is 267 g/mol. The van der Waals surface area contributed by atoms with Gasteiger partial charge in [0.2, 0.25) is 0 Å². The van der Waals surface area contributed by atoms with Crippen LogP contribution in [0.3, 0.4) is 0 Å². The quantitative estimate of drug-likeness (QED) is 0.629. The molecule has 0 bridgehead atoms. The Balaban J connectivity index is 2.33. The van der Waals surface area contributed by atoms with Crippen molar-refractivity contribution in [1.29, 1.82) is 0 Å². The number of hydrogen-bond donors (Lipinski definition) is 1. The van der Waals surface area contributed by atoms with E-state index in [2.05, 4.69) is 12.6 Å². The van der Waals surface area contributed by atoms with Gasteiger partial charge < -0.3 is 9.47 Å². The molecule has 0 saturated heterocycles. The van der Waals surface area contributed by atoms with Gasteiger partial charge in [0.15, 0.2) is 0 Å². The SMILES string of the molecule is SCCOCCOc1cc(Cl)ccc1Cl. The summed E-state index contributed by atoms with van der Waals surface area (Å²) in [5, 5.41) is 1.15. The standard InChI is InChI=1S/C10H12Cl2O2S/c11-8-1-2-9(12)10(7-8)14-4-3-13-5-6-15/h1-2,7,15H,3-6H2. The fraction of sp³-hybridized carbons (Fsp3) is 0.400. The predicted molar refractivity (Wildman–Crippen MR) is 66.6 cm³/mol. The molecule has 0 N–H and O–H groups in total. The lowest BCUT2D eigenvalue weighted by molar-refractivity contribution is 0.112. The summed E-state index contributed by atoms with van der Waals surface area (Å²) in [5.41, 5.74) is 0. The summed E-state index contributed by atoms with van der Waals surface area (Å²) in [6.07, 6.45) is 0. The lowest BCUT2D eigenvalue weighted by Crippen LogP contribution is -2.08. The molecule has 1 aromatic rings. The van der Waals surface area contributed by atoms with E-state index in [4.69, 9.17) is 32.7 Å². The number of hydrogen-bond acceptors (Lipinski definition) is 3. The fourth-order valence-electron chi connectivity index (χ4n) is 0.965. The summed E-state index contributed by atoms with van der Waals surface area (Å²) in [5.74, 6) is 1.29. The molecule has 0 radical (unpaired) electrons. The zero-order valence-corrected chi connectivity index (χ0v) is 10.5. The average Bonchev–Trinajstić information content (AvgIpc) is 2.23. The molecule has 0 aromatic heterocycles. The molecule has 84 valence electrons. The molecule has 0 aliphatic carbocycles. The van der Waals surface area contributed by atoms with E-state index in [1.165, 1.54) is 0 Å². The Labute approximate surface area is 105 Å². The molecule has 0 amide bonds. The van der Waals surface area contributed by atoms with E-state index in [9.17, 15) is 0 Å². The van der Waals surface area contributed by atoms with Gasteiger partial charge in [0.25, 0.3) is 0 Å². The van der Waals surface area contributed by atoms with Crippen molar-refractivity contribution in [3.05, 3.63) is 28.2 Å². The second-order valence-corrected chi connectivity index (χ2v) is 4.05. The molecule has 0 unspecified atom stereocenters. The van der Waals surface area contributed by atoms with Crippen molar-refractivity contribution in [2.45, 2.75) is 0 Å². The maximum atomic E-state index is 5.90. The third-order valence-electron chi connectivity index (χ3n) is 1.61. The van der Waals surface area contributed by atoms with Crippen molar-refractivity contribution >= 4 is 35.8 Å². The minimum absolute atomic E-state index is 0.452. The first-order valence-electron chi connectivity index (χ1n) is 4.50. The largest absolute Gasteiger partial charge is 0.490 e. The summed E-state index contributed by atoms with van der Waals surface area (Å²) in [7, 11) is 0. The molecule has 0 atom stereocenters. The Morgan fingerprint density at radius 2 is 1.93 bits per heavy atom. The first-order chi connectivity index (χ1) is 7.24. The summed E-state index contributed by atoms with van der Waals surface area (Å²) in [6.45, 7) is 1.59. The molecule has 2 nitrogen and oxygen atoms in total. The van der Waals surface area contributed by atoms with Crippen LogP contribution in [0.4, 0.5) is 0 Å². The van der Waals surface area contributed by atoms with Gasteiger partial charge in [-0.3, -0.25) is 0 Å². The lowest BCUT2D eigenvalue weighted by atomic mass is 10.3. The predicted octanol–water partition coefficient (Wildman–Crippen LogP) is 3.32. The molecule has 15 heavy (non-hydrogen) atoms. The minimum atomic E-state index is 0.452. The molecule has 1 rings (SSSR count). The monoisotopic (exact) mass is 266 g/mol. The normalized spacial score (nSPS) is 10.3. The number of benzene rings is 1. The molecular formula is C10H12Cl2O2S. The van der Waals surface area contributed by atoms with E-state index in [1.54, 1.807) is 18.2 Å². The van der Waals surface area contributed by atoms with Gasteiger partial charge in [-0.2, -0.15) is 12.6 Å². The Bertz CT molecular complexity index is 307. The van der Waals surface area contributed by atoms with E-state index in [0.717, 1.165) is 0 Å². The molecule has 5 heteroatoms. The second kappa shape index (κ2) is 7.23. The highest BCUT2D eigenvalue weighted by Crippen LogP contribution is 2.27. The Morgan fingerprint density at radius 1 is 1.13 bits per heavy atom. The Kier molecular flexibility index (Phi) is 6.25. The van der Waals surface area contributed by atoms with Gasteiger partial charge in [-0.15, -0.1) is 0 Å². The van der Waals surface area contributed by atoms with Crippen LogP contribution in [0.15, 0.2) is 18.2 Å². The second-order valence-electron chi connectivity index (χ2n) is 2.76. The van der Waals surface area contributed by atoms with Crippen LogP contribution in [-0.2, 0) is 4.74 Å². The zero-order valence-electron chi connectivity index (χ0n) is 8.08. The summed E-state index contributed by atoms with van der Waals surface area (Å²) in [4.78, 5) is 0. The van der Waals surface area contributed by atoms with Gasteiger partial charge in [-0.05, 0) is 12.1 Å². The van der Waals surface area contributed by atoms with Crippen LogP contribution in [0.5, 0.6) is 5.75 Å². The first-order valence-corrected chi connectivity index (χ1v) is 5.89. The van der Waals surface area contributed by atoms with Crippen molar-refractivity contribution < 1.29 is 9.47 Å². The molecular weight excluding hydrogens is 255 g/mol. The van der Waals surface area contributed by atoms with Crippen LogP contribution in [-0.4, -0.2) is 25.6 Å². The highest BCUT2D eigenvalue weighted by atomic mass is 35.5. The van der Waals surface area contributed by atoms with Crippen LogP contribution in [0.25, 0.3) is 0 Å². The van der Waals surface area contributed by atoms with Crippen molar-refractivity contribution in [3.63, 3.8) is 0 Å². The highest BCUT2D eigenvalue weighted by Gasteiger charge is 2.01. The number of ether oxygens (including phenoxy) is 2. The summed E-state index contributed by atoms with van der Waals surface area (Å²) < 4.78 is 10.6. The van der Waals surface area contributed by atoms with Gasteiger partial charge >= 0.3 is 0 Å². The van der Waals surface area contributed by atoms with Gasteiger partial charge in [0, 0.05) is 16.8 Å². The van der Waals surface area contributed by atoms with Gasteiger partial charge in [-0.25, -0.2) is 0 Å². The van der Waals surface area contributed by atoms with Crippen LogP contribution in [0.1, 0.15) is 0 Å². The highest BCUT2D eigenvalue weighted by molar-refractivity contribution is 7.80. The minimum Gasteiger partial charge on any atom is -0.490 e. The smallest absolute Gasteiger partial charge is 0.139 e. The first kappa shape index (κ1) is 13.0. The van der Waals surface area contributed by atoms with Crippen molar-refractivity contribution in [2.75, 3.05) is 25.6 Å². The van der Waals surface area contributed by atoms with E-state index in [1.807, 2.05) is 0 Å². The van der Waals surface area contributed by atoms with E-state index in [-0.39, 0.29) is 0 Å². The van der Waals surface area contributed by atoms with E-state index in [0.29, 0.717) is 41.4 Å². The van der Waals surface area contributed by atoms with Gasteiger partial charge in [-0.1, -0.05) is 23.2 Å². The maximum Gasteiger partial charge on any atom is 0.139 e. The Morgan fingerprint density at radius 3 is 2.67 bits per heavy atom. The van der Waals surface area contributed by atoms with Crippen molar-refractivity contribution in [3.8, 4) is 5.75 Å². The lowest BCUT2D eigenvalue weighted by Gasteiger charge is -2.08. The Hall–Kier alpha value is -0.0900. The maximum absolute atomic E-state index is 5.90. The number of rotatable bonds is 6. The third kappa shape index (κ3) is 4.98. The molecule has 0 aliphatic heterocycles. The topological polar surface area (TPSA) is 18.5 Å². The fourth-order valence-corrected chi connectivity index (χ4v) is 1.43. The number of thiol groups is 1.